The summed E-state index contributed by atoms with van der Waals surface area (Å²) in [5.41, 5.74) is 7.69. The Balaban J connectivity index is 2.00. The van der Waals surface area contributed by atoms with Crippen LogP contribution >= 0.6 is 0 Å². The Bertz CT molecular complexity index is 434. The van der Waals surface area contributed by atoms with Crippen molar-refractivity contribution in [2.75, 3.05) is 13.1 Å². The molecule has 1 aromatic rings. The van der Waals surface area contributed by atoms with Gasteiger partial charge < -0.3 is 15.2 Å². The minimum atomic E-state index is 0.148. The van der Waals surface area contributed by atoms with Crippen molar-refractivity contribution in [2.24, 2.45) is 11.7 Å². The maximum atomic E-state index is 12.4. The van der Waals surface area contributed by atoms with Gasteiger partial charge in [0.1, 0.15) is 5.76 Å². The highest BCUT2D eigenvalue weighted by atomic mass is 16.5. The van der Waals surface area contributed by atoms with Gasteiger partial charge in [-0.05, 0) is 39.5 Å². The van der Waals surface area contributed by atoms with Crippen molar-refractivity contribution in [3.8, 4) is 0 Å². The Labute approximate surface area is 114 Å². The van der Waals surface area contributed by atoms with Gasteiger partial charge in [0.05, 0.1) is 12.1 Å². The van der Waals surface area contributed by atoms with Gasteiger partial charge in [0.15, 0.2) is 0 Å². The molecule has 1 fully saturated rings. The minimum absolute atomic E-state index is 0.148. The molecule has 0 bridgehead atoms. The number of carbonyl (C=O) groups excluding carboxylic acids is 1. The van der Waals surface area contributed by atoms with Crippen molar-refractivity contribution in [3.05, 3.63) is 17.0 Å². The van der Waals surface area contributed by atoms with Gasteiger partial charge >= 0.3 is 0 Å². The number of likely N-dealkylation sites (tertiary alicyclic amines) is 1. The van der Waals surface area contributed by atoms with Gasteiger partial charge in [-0.2, -0.15) is 0 Å². The van der Waals surface area contributed by atoms with E-state index in [1.807, 2.05) is 25.7 Å². The predicted octanol–water partition coefficient (Wildman–Crippen LogP) is 1.42. The highest BCUT2D eigenvalue weighted by molar-refractivity contribution is 5.79. The van der Waals surface area contributed by atoms with Crippen LogP contribution < -0.4 is 5.73 Å². The fourth-order valence-electron chi connectivity index (χ4n) is 2.68. The average Bonchev–Trinajstić information content (AvgIpc) is 2.70. The molecule has 5 heteroatoms. The number of aryl methyl sites for hydroxylation is 2. The van der Waals surface area contributed by atoms with Crippen LogP contribution in [0.15, 0.2) is 4.52 Å². The molecule has 2 N–H and O–H groups in total. The summed E-state index contributed by atoms with van der Waals surface area (Å²) in [6.07, 6.45) is 2.54. The Kier molecular flexibility index (Phi) is 4.24. The molecule has 2 rings (SSSR count). The van der Waals surface area contributed by atoms with Gasteiger partial charge in [-0.15, -0.1) is 0 Å². The lowest BCUT2D eigenvalue weighted by Gasteiger charge is -2.34. The van der Waals surface area contributed by atoms with Crippen molar-refractivity contribution in [3.63, 3.8) is 0 Å². The van der Waals surface area contributed by atoms with E-state index < -0.39 is 0 Å². The third-order valence-corrected chi connectivity index (χ3v) is 4.06. The van der Waals surface area contributed by atoms with Crippen molar-refractivity contribution in [1.29, 1.82) is 0 Å². The van der Waals surface area contributed by atoms with Gasteiger partial charge in [-0.3, -0.25) is 4.79 Å². The maximum Gasteiger partial charge on any atom is 0.227 e. The van der Waals surface area contributed by atoms with E-state index in [4.69, 9.17) is 10.3 Å². The molecule has 1 aliphatic heterocycles. The summed E-state index contributed by atoms with van der Waals surface area (Å²) in [5, 5.41) is 3.89. The Morgan fingerprint density at radius 2 is 2.32 bits per heavy atom. The molecule has 1 saturated heterocycles. The predicted molar refractivity (Wildman–Crippen MR) is 72.6 cm³/mol. The molecule has 0 aromatic carbocycles. The molecule has 0 unspecified atom stereocenters. The first-order valence-electron chi connectivity index (χ1n) is 6.94. The molecule has 0 aliphatic carbocycles. The summed E-state index contributed by atoms with van der Waals surface area (Å²) in [6, 6.07) is 0.148. The van der Waals surface area contributed by atoms with E-state index in [9.17, 15) is 4.79 Å². The Hall–Kier alpha value is -1.36. The first kappa shape index (κ1) is 14.1. The van der Waals surface area contributed by atoms with E-state index in [0.29, 0.717) is 12.3 Å². The zero-order chi connectivity index (χ0) is 14.0. The van der Waals surface area contributed by atoms with E-state index in [1.54, 1.807) is 0 Å². The number of piperidine rings is 1. The minimum Gasteiger partial charge on any atom is -0.361 e. The van der Waals surface area contributed by atoms with Crippen molar-refractivity contribution in [2.45, 2.75) is 46.1 Å². The van der Waals surface area contributed by atoms with Gasteiger partial charge in [0.2, 0.25) is 5.91 Å². The van der Waals surface area contributed by atoms with Crippen LogP contribution in [0.1, 0.15) is 36.8 Å². The SMILES string of the molecule is Cc1noc(C)c1CC(=O)N1CCC[C@@H]([C@H](C)N)C1. The van der Waals surface area contributed by atoms with Crippen molar-refractivity contribution < 1.29 is 9.32 Å². The average molecular weight is 265 g/mol. The van der Waals surface area contributed by atoms with Crippen LogP contribution in [-0.2, 0) is 11.2 Å². The number of carbonyl (C=O) groups is 1. The highest BCUT2D eigenvalue weighted by Gasteiger charge is 2.26. The molecule has 1 amide bonds. The quantitative estimate of drug-likeness (QED) is 0.897. The second-order valence-corrected chi connectivity index (χ2v) is 5.58. The summed E-state index contributed by atoms with van der Waals surface area (Å²) >= 11 is 0. The second kappa shape index (κ2) is 5.74. The number of hydrogen-bond donors (Lipinski definition) is 1. The summed E-state index contributed by atoms with van der Waals surface area (Å²) in [4.78, 5) is 14.3. The summed E-state index contributed by atoms with van der Waals surface area (Å²) < 4.78 is 5.10. The first-order chi connectivity index (χ1) is 8.99. The number of rotatable bonds is 3. The van der Waals surface area contributed by atoms with E-state index in [0.717, 1.165) is 42.9 Å². The third kappa shape index (κ3) is 3.15. The van der Waals surface area contributed by atoms with Crippen molar-refractivity contribution >= 4 is 5.91 Å². The molecule has 1 aromatic heterocycles. The molecule has 2 atom stereocenters. The number of nitrogens with two attached hydrogens (primary N) is 1. The van der Waals surface area contributed by atoms with Crippen molar-refractivity contribution in [1.82, 2.24) is 10.1 Å². The van der Waals surface area contributed by atoms with Gasteiger partial charge in [-0.25, -0.2) is 0 Å². The Morgan fingerprint density at radius 3 is 2.89 bits per heavy atom. The fraction of sp³-hybridized carbons (Fsp3) is 0.714. The fourth-order valence-corrected chi connectivity index (χ4v) is 2.68. The number of hydrogen-bond acceptors (Lipinski definition) is 4. The molecule has 19 heavy (non-hydrogen) atoms. The van der Waals surface area contributed by atoms with E-state index in [1.165, 1.54) is 0 Å². The van der Waals surface area contributed by atoms with Gasteiger partial charge in [0, 0.05) is 24.7 Å². The van der Waals surface area contributed by atoms with Crippen LogP contribution in [0.25, 0.3) is 0 Å². The van der Waals surface area contributed by atoms with Crippen LogP contribution in [0.5, 0.6) is 0 Å². The normalized spacial score (nSPS) is 21.5. The largest absolute Gasteiger partial charge is 0.361 e. The lowest BCUT2D eigenvalue weighted by molar-refractivity contribution is -0.132. The summed E-state index contributed by atoms with van der Waals surface area (Å²) in [7, 11) is 0. The molecule has 106 valence electrons. The van der Waals surface area contributed by atoms with Gasteiger partial charge in [0.25, 0.3) is 0 Å². The van der Waals surface area contributed by atoms with E-state index in [-0.39, 0.29) is 11.9 Å². The topological polar surface area (TPSA) is 72.4 Å². The highest BCUT2D eigenvalue weighted by Crippen LogP contribution is 2.21. The smallest absolute Gasteiger partial charge is 0.227 e. The molecule has 0 radical (unpaired) electrons. The van der Waals surface area contributed by atoms with E-state index in [2.05, 4.69) is 5.16 Å². The van der Waals surface area contributed by atoms with Crippen LogP contribution in [0.3, 0.4) is 0 Å². The standard InChI is InChI=1S/C14H23N3O2/c1-9(15)12-5-4-6-17(8-12)14(18)7-13-10(2)16-19-11(13)3/h9,12H,4-8,15H2,1-3H3/t9-,12+/m0/s1. The van der Waals surface area contributed by atoms with Crippen LogP contribution in [-0.4, -0.2) is 35.1 Å². The molecule has 2 heterocycles. The van der Waals surface area contributed by atoms with Gasteiger partial charge in [-0.1, -0.05) is 5.16 Å². The number of aromatic nitrogens is 1. The third-order valence-electron chi connectivity index (χ3n) is 4.06. The molecule has 5 nitrogen and oxygen atoms in total. The summed E-state index contributed by atoms with van der Waals surface area (Å²) in [6.45, 7) is 7.36. The van der Waals surface area contributed by atoms with Crippen LogP contribution in [0, 0.1) is 19.8 Å². The zero-order valence-electron chi connectivity index (χ0n) is 12.0. The lowest BCUT2D eigenvalue weighted by Crippen LogP contribution is -2.45. The molecule has 0 spiro atoms. The van der Waals surface area contributed by atoms with Crippen LogP contribution in [0.4, 0.5) is 0 Å². The molecule has 0 saturated carbocycles. The van der Waals surface area contributed by atoms with Crippen LogP contribution in [0.2, 0.25) is 0 Å². The Morgan fingerprint density at radius 1 is 1.58 bits per heavy atom. The molecular weight excluding hydrogens is 242 g/mol. The lowest BCUT2D eigenvalue weighted by atomic mass is 9.92. The zero-order valence-corrected chi connectivity index (χ0v) is 12.0. The first-order valence-corrected chi connectivity index (χ1v) is 6.94. The monoisotopic (exact) mass is 265 g/mol. The molecule has 1 aliphatic rings. The molecular formula is C14H23N3O2. The number of nitrogens with zero attached hydrogens (tertiary/aromatic N) is 2. The maximum absolute atomic E-state index is 12.4. The summed E-state index contributed by atoms with van der Waals surface area (Å²) in [5.74, 6) is 1.31. The second-order valence-electron chi connectivity index (χ2n) is 5.58. The van der Waals surface area contributed by atoms with E-state index >= 15 is 0 Å². The number of amides is 1.